The summed E-state index contributed by atoms with van der Waals surface area (Å²) >= 11 is 0. The van der Waals surface area contributed by atoms with Crippen molar-refractivity contribution in [3.8, 4) is 0 Å². The van der Waals surface area contributed by atoms with Crippen LogP contribution in [0.3, 0.4) is 0 Å². The highest BCUT2D eigenvalue weighted by molar-refractivity contribution is 7.89. The zero-order valence-corrected chi connectivity index (χ0v) is 21.3. The number of benzene rings is 2. The minimum Gasteiger partial charge on any atom is -0.303 e. The number of hydrogen-bond donors (Lipinski definition) is 1. The van der Waals surface area contributed by atoms with Gasteiger partial charge in [-0.3, -0.25) is 4.68 Å². The number of alkyl halides is 3. The molecule has 0 radical (unpaired) electrons. The highest BCUT2D eigenvalue weighted by atomic mass is 32.2. The maximum atomic E-state index is 13.3. The number of primary sulfonamides is 1. The molecule has 5 rings (SSSR count). The Morgan fingerprint density at radius 3 is 2.57 bits per heavy atom. The number of aryl methyl sites for hydroxylation is 2. The summed E-state index contributed by atoms with van der Waals surface area (Å²) in [5, 5.41) is 9.23. The van der Waals surface area contributed by atoms with Crippen molar-refractivity contribution in [2.24, 2.45) is 11.1 Å². The van der Waals surface area contributed by atoms with E-state index in [1.807, 2.05) is 0 Å². The summed E-state index contributed by atoms with van der Waals surface area (Å²) < 4.78 is 64.5. The normalized spacial score (nSPS) is 20.1. The summed E-state index contributed by atoms with van der Waals surface area (Å²) in [6.07, 6.45) is 2.62. The molecule has 2 aliphatic rings. The van der Waals surface area contributed by atoms with Crippen molar-refractivity contribution in [3.05, 3.63) is 82.7 Å². The fraction of sp³-hybridized carbons (Fsp3) is 0.444. The van der Waals surface area contributed by atoms with Gasteiger partial charge in [0.05, 0.1) is 11.8 Å². The van der Waals surface area contributed by atoms with Crippen LogP contribution < -0.4 is 5.14 Å². The van der Waals surface area contributed by atoms with Crippen molar-refractivity contribution in [2.45, 2.75) is 55.6 Å². The van der Waals surface area contributed by atoms with Crippen LogP contribution in [-0.4, -0.2) is 42.7 Å². The average Bonchev–Trinajstić information content (AvgIpc) is 3.41. The number of hydrogen-bond acceptors (Lipinski definition) is 4. The quantitative estimate of drug-likeness (QED) is 0.443. The van der Waals surface area contributed by atoms with Crippen LogP contribution >= 0.6 is 0 Å². The zero-order chi connectivity index (χ0) is 26.2. The number of nitrogens with two attached hydrogens (primary N) is 1. The van der Waals surface area contributed by atoms with Gasteiger partial charge >= 0.3 is 6.18 Å². The van der Waals surface area contributed by atoms with Crippen LogP contribution in [0.2, 0.25) is 0 Å². The van der Waals surface area contributed by atoms with Gasteiger partial charge in [0.25, 0.3) is 0 Å². The Labute approximate surface area is 215 Å². The van der Waals surface area contributed by atoms with Crippen molar-refractivity contribution in [3.63, 3.8) is 0 Å². The molecule has 3 aromatic rings. The number of halogens is 3. The Morgan fingerprint density at radius 1 is 1.08 bits per heavy atom. The maximum absolute atomic E-state index is 13.3. The van der Waals surface area contributed by atoms with Gasteiger partial charge in [-0.1, -0.05) is 36.4 Å². The summed E-state index contributed by atoms with van der Waals surface area (Å²) in [5.41, 5.74) is 3.82. The summed E-state index contributed by atoms with van der Waals surface area (Å²) in [4.78, 5) is 2.44. The van der Waals surface area contributed by atoms with Gasteiger partial charge in [-0.2, -0.15) is 18.3 Å². The Balaban J connectivity index is 1.32. The van der Waals surface area contributed by atoms with Crippen LogP contribution in [0.5, 0.6) is 0 Å². The molecule has 2 N–H and O–H groups in total. The molecule has 10 heteroatoms. The van der Waals surface area contributed by atoms with Crippen LogP contribution in [0.4, 0.5) is 13.2 Å². The summed E-state index contributed by atoms with van der Waals surface area (Å²) in [5.74, 6) is 0.545. The molecule has 0 saturated carbocycles. The SMILES string of the molecule is NS(=O)(=O)c1cnn(CCCc2ccc3c(c2)C(Cc2cccc(C(F)(F)F)c2)C(CN2CCC2)C3)c1. The summed E-state index contributed by atoms with van der Waals surface area (Å²) in [7, 11) is -3.77. The lowest BCUT2D eigenvalue weighted by Crippen LogP contribution is -2.41. The topological polar surface area (TPSA) is 81.2 Å². The first-order valence-electron chi connectivity index (χ1n) is 12.6. The van der Waals surface area contributed by atoms with Gasteiger partial charge in [-0.05, 0) is 85.3 Å². The number of likely N-dealkylation sites (tertiary alicyclic amines) is 1. The third-order valence-corrected chi connectivity index (χ3v) is 8.47. The van der Waals surface area contributed by atoms with Crippen molar-refractivity contribution in [1.29, 1.82) is 0 Å². The lowest BCUT2D eigenvalue weighted by atomic mass is 9.85. The fourth-order valence-corrected chi connectivity index (χ4v) is 6.02. The van der Waals surface area contributed by atoms with Crippen LogP contribution in [0.15, 0.2) is 59.8 Å². The van der Waals surface area contributed by atoms with Gasteiger partial charge in [0.15, 0.2) is 0 Å². The van der Waals surface area contributed by atoms with E-state index in [4.69, 9.17) is 5.14 Å². The molecule has 0 spiro atoms. The third-order valence-electron chi connectivity index (χ3n) is 7.60. The van der Waals surface area contributed by atoms with Gasteiger partial charge in [-0.15, -0.1) is 0 Å². The molecule has 198 valence electrons. The molecule has 1 saturated heterocycles. The van der Waals surface area contributed by atoms with Crippen LogP contribution in [0.25, 0.3) is 0 Å². The average molecular weight is 533 g/mol. The first-order valence-corrected chi connectivity index (χ1v) is 14.2. The van der Waals surface area contributed by atoms with Crippen LogP contribution in [0.1, 0.15) is 46.6 Å². The van der Waals surface area contributed by atoms with Gasteiger partial charge in [-0.25, -0.2) is 13.6 Å². The van der Waals surface area contributed by atoms with E-state index in [0.29, 0.717) is 18.9 Å². The Kier molecular flexibility index (Phi) is 7.17. The Bertz CT molecular complexity index is 1370. The van der Waals surface area contributed by atoms with Crippen molar-refractivity contribution in [2.75, 3.05) is 19.6 Å². The Hall–Kier alpha value is -2.69. The molecule has 1 aliphatic carbocycles. The lowest BCUT2D eigenvalue weighted by molar-refractivity contribution is -0.137. The predicted octanol–water partition coefficient (Wildman–Crippen LogP) is 4.39. The van der Waals surface area contributed by atoms with Gasteiger partial charge in [0.2, 0.25) is 10.0 Å². The smallest absolute Gasteiger partial charge is 0.303 e. The van der Waals surface area contributed by atoms with Gasteiger partial charge in [0, 0.05) is 19.3 Å². The second kappa shape index (κ2) is 10.2. The molecule has 1 aromatic heterocycles. The molecule has 0 bridgehead atoms. The monoisotopic (exact) mass is 532 g/mol. The minimum absolute atomic E-state index is 0.00397. The standard InChI is InChI=1S/C27H31F3N4O2S/c28-27(29,30)23-6-1-4-20(12-23)14-26-22(17-33-9-3-10-33)15-21-8-7-19(13-25(21)26)5-2-11-34-18-24(16-32-34)37(31,35)36/h1,4,6-8,12-13,16,18,22,26H,2-3,5,9-11,14-15,17H2,(H2,31,35,36). The molecule has 1 fully saturated rings. The number of rotatable bonds is 9. The molecule has 37 heavy (non-hydrogen) atoms. The highest BCUT2D eigenvalue weighted by Crippen LogP contribution is 2.42. The number of fused-ring (bicyclic) bond motifs is 1. The van der Waals surface area contributed by atoms with E-state index in [2.05, 4.69) is 28.2 Å². The van der Waals surface area contributed by atoms with Crippen molar-refractivity contribution < 1.29 is 21.6 Å². The van der Waals surface area contributed by atoms with E-state index in [0.717, 1.165) is 56.1 Å². The first-order chi connectivity index (χ1) is 17.6. The largest absolute Gasteiger partial charge is 0.416 e. The number of sulfonamides is 1. The molecule has 1 aliphatic heterocycles. The Morgan fingerprint density at radius 2 is 1.89 bits per heavy atom. The molecule has 6 nitrogen and oxygen atoms in total. The predicted molar refractivity (Wildman–Crippen MR) is 135 cm³/mol. The molecule has 2 unspecified atom stereocenters. The second-order valence-corrected chi connectivity index (χ2v) is 11.8. The van der Waals surface area contributed by atoms with E-state index in [1.54, 1.807) is 10.7 Å². The first kappa shape index (κ1) is 25.9. The van der Waals surface area contributed by atoms with E-state index >= 15 is 0 Å². The van der Waals surface area contributed by atoms with Crippen LogP contribution in [0, 0.1) is 5.92 Å². The fourth-order valence-electron chi connectivity index (χ4n) is 5.56. The molecule has 2 aromatic carbocycles. The molecule has 2 heterocycles. The summed E-state index contributed by atoms with van der Waals surface area (Å²) in [6, 6.07) is 12.3. The number of nitrogens with zero attached hydrogens (tertiary/aromatic N) is 3. The third kappa shape index (κ3) is 6.08. The molecule has 0 amide bonds. The van der Waals surface area contributed by atoms with E-state index in [-0.39, 0.29) is 10.8 Å². The minimum atomic E-state index is -4.35. The number of aromatic nitrogens is 2. The lowest BCUT2D eigenvalue weighted by Gasteiger charge is -2.35. The zero-order valence-electron chi connectivity index (χ0n) is 20.5. The molecular weight excluding hydrogens is 501 g/mol. The summed E-state index contributed by atoms with van der Waals surface area (Å²) in [6.45, 7) is 3.71. The molecular formula is C27H31F3N4O2S. The van der Waals surface area contributed by atoms with Gasteiger partial charge in [0.1, 0.15) is 4.90 Å². The van der Waals surface area contributed by atoms with E-state index < -0.39 is 21.8 Å². The van der Waals surface area contributed by atoms with Gasteiger partial charge < -0.3 is 4.90 Å². The van der Waals surface area contributed by atoms with E-state index in [9.17, 15) is 21.6 Å². The molecule has 2 atom stereocenters. The van der Waals surface area contributed by atoms with Crippen molar-refractivity contribution in [1.82, 2.24) is 14.7 Å². The van der Waals surface area contributed by atoms with Crippen molar-refractivity contribution >= 4 is 10.0 Å². The van der Waals surface area contributed by atoms with E-state index in [1.165, 1.54) is 42.1 Å². The van der Waals surface area contributed by atoms with Crippen LogP contribution in [-0.2, 0) is 42.0 Å². The highest BCUT2D eigenvalue weighted by Gasteiger charge is 2.35. The maximum Gasteiger partial charge on any atom is 0.416 e. The second-order valence-electron chi connectivity index (χ2n) is 10.2.